The van der Waals surface area contributed by atoms with Gasteiger partial charge in [-0.15, -0.1) is 0 Å². The molecule has 0 bridgehead atoms. The Labute approximate surface area is 211 Å². The number of aromatic nitrogens is 1. The van der Waals surface area contributed by atoms with Crippen LogP contribution < -0.4 is 21.1 Å². The first-order chi connectivity index (χ1) is 17.1. The molecule has 192 valence electrons. The van der Waals surface area contributed by atoms with Crippen molar-refractivity contribution in [3.05, 3.63) is 60.3 Å². The number of ether oxygens (including phenoxy) is 1. The number of hydrogen-bond donors (Lipinski definition) is 4. The molecule has 0 unspecified atom stereocenters. The SMILES string of the molecule is CNC(=O)[C@]1(Cc2ccccc2)CN(C(=O)[C@@H](COc2ccccn2)NC(=O)C(C)(C)N)CCC1=N. The van der Waals surface area contributed by atoms with Crippen LogP contribution in [0.1, 0.15) is 25.8 Å². The Morgan fingerprint density at radius 2 is 1.89 bits per heavy atom. The van der Waals surface area contributed by atoms with Gasteiger partial charge in [0.25, 0.3) is 0 Å². The third-order valence-electron chi connectivity index (χ3n) is 6.22. The zero-order valence-electron chi connectivity index (χ0n) is 20.9. The number of rotatable bonds is 9. The number of nitrogens with one attached hydrogen (secondary N) is 3. The Morgan fingerprint density at radius 3 is 2.50 bits per heavy atom. The van der Waals surface area contributed by atoms with E-state index >= 15 is 0 Å². The van der Waals surface area contributed by atoms with E-state index in [0.29, 0.717) is 5.88 Å². The number of piperidine rings is 1. The van der Waals surface area contributed by atoms with Crippen LogP contribution in [0.2, 0.25) is 0 Å². The van der Waals surface area contributed by atoms with Gasteiger partial charge in [0.1, 0.15) is 18.1 Å². The Kier molecular flexibility index (Phi) is 8.41. The van der Waals surface area contributed by atoms with E-state index in [1.54, 1.807) is 38.2 Å². The fourth-order valence-electron chi connectivity index (χ4n) is 4.15. The summed E-state index contributed by atoms with van der Waals surface area (Å²) >= 11 is 0. The molecule has 0 aliphatic carbocycles. The van der Waals surface area contributed by atoms with E-state index in [4.69, 9.17) is 15.9 Å². The summed E-state index contributed by atoms with van der Waals surface area (Å²) in [6.07, 6.45) is 2.06. The van der Waals surface area contributed by atoms with Crippen LogP contribution in [0.15, 0.2) is 54.7 Å². The molecule has 1 aromatic carbocycles. The number of carbonyl (C=O) groups is 3. The summed E-state index contributed by atoms with van der Waals surface area (Å²) in [5.74, 6) is -0.961. The third-order valence-corrected chi connectivity index (χ3v) is 6.22. The van der Waals surface area contributed by atoms with Gasteiger partial charge in [0.2, 0.25) is 23.6 Å². The van der Waals surface area contributed by atoms with Crippen molar-refractivity contribution in [3.63, 3.8) is 0 Å². The maximum atomic E-state index is 13.7. The van der Waals surface area contributed by atoms with Gasteiger partial charge in [-0.2, -0.15) is 0 Å². The van der Waals surface area contributed by atoms with E-state index in [1.807, 2.05) is 30.3 Å². The van der Waals surface area contributed by atoms with E-state index in [9.17, 15) is 14.4 Å². The van der Waals surface area contributed by atoms with Crippen LogP contribution in [0.4, 0.5) is 0 Å². The number of nitrogens with two attached hydrogens (primary N) is 1. The topological polar surface area (TPSA) is 150 Å². The quantitative estimate of drug-likeness (QED) is 0.407. The van der Waals surface area contributed by atoms with Gasteiger partial charge in [0.05, 0.1) is 5.54 Å². The zero-order valence-corrected chi connectivity index (χ0v) is 20.9. The molecule has 10 heteroatoms. The van der Waals surface area contributed by atoms with Crippen LogP contribution in [0, 0.1) is 10.8 Å². The average molecular weight is 495 g/mol. The molecule has 2 aromatic rings. The van der Waals surface area contributed by atoms with Crippen LogP contribution >= 0.6 is 0 Å². The number of amides is 3. The van der Waals surface area contributed by atoms with E-state index < -0.39 is 28.8 Å². The van der Waals surface area contributed by atoms with Crippen molar-refractivity contribution in [3.8, 4) is 5.88 Å². The number of nitrogens with zero attached hydrogens (tertiary/aromatic N) is 2. The summed E-state index contributed by atoms with van der Waals surface area (Å²) in [5.41, 5.74) is 4.65. The van der Waals surface area contributed by atoms with Gasteiger partial charge in [-0.1, -0.05) is 36.4 Å². The molecule has 3 rings (SSSR count). The van der Waals surface area contributed by atoms with E-state index in [1.165, 1.54) is 11.9 Å². The monoisotopic (exact) mass is 494 g/mol. The van der Waals surface area contributed by atoms with Gasteiger partial charge in [-0.25, -0.2) is 4.98 Å². The Bertz CT molecular complexity index is 1080. The second-order valence-corrected chi connectivity index (χ2v) is 9.54. The van der Waals surface area contributed by atoms with Crippen molar-refractivity contribution in [1.82, 2.24) is 20.5 Å². The predicted molar refractivity (Wildman–Crippen MR) is 135 cm³/mol. The molecule has 10 nitrogen and oxygen atoms in total. The standard InChI is InChI=1S/C26H34N6O4/c1-25(2,28)23(34)31-19(16-36-21-11-7-8-13-30-21)22(33)32-14-12-20(27)26(17-32,24(35)29-3)15-18-9-5-4-6-10-18/h4-11,13,19,27H,12,14-17,28H2,1-3H3,(H,29,35)(H,31,34)/t19-,26-/m1/s1. The molecule has 0 spiro atoms. The molecule has 0 radical (unpaired) electrons. The minimum absolute atomic E-state index is 0.00120. The summed E-state index contributed by atoms with van der Waals surface area (Å²) in [6, 6.07) is 13.5. The molecule has 0 saturated carbocycles. The fourth-order valence-corrected chi connectivity index (χ4v) is 4.15. The van der Waals surface area contributed by atoms with Gasteiger partial charge in [-0.3, -0.25) is 14.4 Å². The lowest BCUT2D eigenvalue weighted by atomic mass is 9.72. The highest BCUT2D eigenvalue weighted by atomic mass is 16.5. The lowest BCUT2D eigenvalue weighted by molar-refractivity contribution is -0.141. The summed E-state index contributed by atoms with van der Waals surface area (Å²) in [7, 11) is 1.52. The first-order valence-corrected chi connectivity index (χ1v) is 11.8. The number of pyridine rings is 1. The molecule has 2 atom stereocenters. The molecule has 1 saturated heterocycles. The van der Waals surface area contributed by atoms with Gasteiger partial charge >= 0.3 is 0 Å². The lowest BCUT2D eigenvalue weighted by Gasteiger charge is -2.43. The smallest absolute Gasteiger partial charge is 0.248 e. The molecule has 1 aromatic heterocycles. The normalized spacial score (nSPS) is 18.8. The molecular weight excluding hydrogens is 460 g/mol. The highest BCUT2D eigenvalue weighted by Crippen LogP contribution is 2.32. The lowest BCUT2D eigenvalue weighted by Crippen LogP contribution is -2.63. The molecule has 1 aliphatic rings. The van der Waals surface area contributed by atoms with Crippen LogP contribution in [-0.4, -0.2) is 71.6 Å². The summed E-state index contributed by atoms with van der Waals surface area (Å²) in [6.45, 7) is 3.16. The summed E-state index contributed by atoms with van der Waals surface area (Å²) in [5, 5.41) is 14.1. The first-order valence-electron chi connectivity index (χ1n) is 11.8. The molecule has 1 fully saturated rings. The van der Waals surface area contributed by atoms with E-state index in [-0.39, 0.29) is 44.2 Å². The first kappa shape index (κ1) is 26.8. The molecule has 2 heterocycles. The van der Waals surface area contributed by atoms with E-state index in [0.717, 1.165) is 5.56 Å². The van der Waals surface area contributed by atoms with Crippen molar-refractivity contribution in [2.75, 3.05) is 26.7 Å². The van der Waals surface area contributed by atoms with Gasteiger partial charge < -0.3 is 31.4 Å². The molecule has 1 aliphatic heterocycles. The Balaban J connectivity index is 1.87. The summed E-state index contributed by atoms with van der Waals surface area (Å²) < 4.78 is 5.70. The average Bonchev–Trinajstić information content (AvgIpc) is 2.87. The van der Waals surface area contributed by atoms with Crippen molar-refractivity contribution >= 4 is 23.4 Å². The van der Waals surface area contributed by atoms with Crippen molar-refractivity contribution < 1.29 is 19.1 Å². The number of benzene rings is 1. The molecule has 5 N–H and O–H groups in total. The van der Waals surface area contributed by atoms with Crippen molar-refractivity contribution in [2.45, 2.75) is 38.3 Å². The van der Waals surface area contributed by atoms with Gasteiger partial charge in [-0.05, 0) is 31.9 Å². The van der Waals surface area contributed by atoms with Crippen LogP contribution in [0.3, 0.4) is 0 Å². The largest absolute Gasteiger partial charge is 0.475 e. The van der Waals surface area contributed by atoms with Crippen LogP contribution in [0.25, 0.3) is 0 Å². The van der Waals surface area contributed by atoms with Gasteiger partial charge in [0.15, 0.2) is 0 Å². The van der Waals surface area contributed by atoms with Crippen molar-refractivity contribution in [2.24, 2.45) is 11.1 Å². The van der Waals surface area contributed by atoms with E-state index in [2.05, 4.69) is 15.6 Å². The second kappa shape index (κ2) is 11.3. The molecular formula is C26H34N6O4. The number of hydrogen-bond acceptors (Lipinski definition) is 7. The van der Waals surface area contributed by atoms with Crippen LogP contribution in [0.5, 0.6) is 5.88 Å². The van der Waals surface area contributed by atoms with Crippen molar-refractivity contribution in [1.29, 1.82) is 5.41 Å². The maximum absolute atomic E-state index is 13.7. The maximum Gasteiger partial charge on any atom is 0.248 e. The minimum Gasteiger partial charge on any atom is -0.475 e. The number of carbonyl (C=O) groups excluding carboxylic acids is 3. The Hall–Kier alpha value is -3.79. The third kappa shape index (κ3) is 6.25. The number of likely N-dealkylation sites (tertiary alicyclic amines) is 1. The highest BCUT2D eigenvalue weighted by Gasteiger charge is 2.48. The second-order valence-electron chi connectivity index (χ2n) is 9.54. The fraction of sp³-hybridized carbons (Fsp3) is 0.423. The Morgan fingerprint density at radius 1 is 1.19 bits per heavy atom. The summed E-state index contributed by atoms with van der Waals surface area (Å²) in [4.78, 5) is 45.2. The van der Waals surface area contributed by atoms with Crippen LogP contribution in [-0.2, 0) is 20.8 Å². The molecule has 36 heavy (non-hydrogen) atoms. The van der Waals surface area contributed by atoms with Gasteiger partial charge in [0, 0.05) is 44.5 Å². The zero-order chi connectivity index (χ0) is 26.3. The predicted octanol–water partition coefficient (Wildman–Crippen LogP) is 0.910. The highest BCUT2D eigenvalue weighted by molar-refractivity contribution is 6.09. The minimum atomic E-state index is -1.23. The molecule has 3 amide bonds.